The summed E-state index contributed by atoms with van der Waals surface area (Å²) in [5.41, 5.74) is 6.66. The Bertz CT molecular complexity index is 1260. The number of fused-ring (bicyclic) bond motifs is 1. The molecule has 0 saturated carbocycles. The quantitative estimate of drug-likeness (QED) is 0.566. The van der Waals surface area contributed by atoms with Gasteiger partial charge in [-0.1, -0.05) is 51.1 Å². The third kappa shape index (κ3) is 5.03. The highest BCUT2D eigenvalue weighted by Gasteiger charge is 2.41. The molecule has 1 saturated heterocycles. The fourth-order valence-corrected chi connectivity index (χ4v) is 4.52. The standard InChI is InChI=1S/C26H30FN5O3/c1-26(2,3)22(25(35)31-14-6-9-20(31)23(28)33)29-24(34)21-18-7-4-5-8-19(18)32(30-21)15-16-10-12-17(27)13-11-16/h4-5,7-8,10-13,20,22H,6,9,14-15H2,1-3H3,(H2,28,33)(H,29,34)/t20-,22+/m0/s1. The van der Waals surface area contributed by atoms with Gasteiger partial charge in [0.2, 0.25) is 11.8 Å². The first kappa shape index (κ1) is 24.4. The largest absolute Gasteiger partial charge is 0.368 e. The average Bonchev–Trinajstić information content (AvgIpc) is 3.44. The molecule has 1 aliphatic heterocycles. The van der Waals surface area contributed by atoms with Crippen molar-refractivity contribution in [2.24, 2.45) is 11.1 Å². The number of nitrogens with zero attached hydrogens (tertiary/aromatic N) is 3. The van der Waals surface area contributed by atoms with Crippen LogP contribution in [0.2, 0.25) is 0 Å². The van der Waals surface area contributed by atoms with E-state index in [0.717, 1.165) is 11.1 Å². The zero-order valence-electron chi connectivity index (χ0n) is 20.1. The number of carbonyl (C=O) groups is 3. The van der Waals surface area contributed by atoms with Crippen LogP contribution in [0.25, 0.3) is 10.9 Å². The maximum atomic E-state index is 13.5. The number of likely N-dealkylation sites (tertiary alicyclic amines) is 1. The number of hydrogen-bond donors (Lipinski definition) is 2. The maximum Gasteiger partial charge on any atom is 0.273 e. The zero-order valence-corrected chi connectivity index (χ0v) is 20.1. The number of halogens is 1. The molecule has 3 amide bonds. The SMILES string of the molecule is CC(C)(C)[C@H](NC(=O)c1nn(Cc2ccc(F)cc2)c2ccccc12)C(=O)N1CCC[C@H]1C(N)=O. The van der Waals surface area contributed by atoms with E-state index in [1.165, 1.54) is 17.0 Å². The van der Waals surface area contributed by atoms with E-state index in [1.54, 1.807) is 22.9 Å². The van der Waals surface area contributed by atoms with E-state index < -0.39 is 29.3 Å². The van der Waals surface area contributed by atoms with E-state index in [0.29, 0.717) is 31.3 Å². The molecule has 35 heavy (non-hydrogen) atoms. The molecule has 1 aromatic heterocycles. The van der Waals surface area contributed by atoms with Crippen LogP contribution in [-0.2, 0) is 16.1 Å². The van der Waals surface area contributed by atoms with Gasteiger partial charge in [0.25, 0.3) is 5.91 Å². The van der Waals surface area contributed by atoms with Gasteiger partial charge in [0.1, 0.15) is 17.9 Å². The molecule has 0 radical (unpaired) electrons. The van der Waals surface area contributed by atoms with Crippen LogP contribution in [0.3, 0.4) is 0 Å². The number of aromatic nitrogens is 2. The number of benzene rings is 2. The minimum absolute atomic E-state index is 0.192. The molecule has 2 atom stereocenters. The Labute approximate surface area is 203 Å². The fraction of sp³-hybridized carbons (Fsp3) is 0.385. The minimum atomic E-state index is -0.879. The monoisotopic (exact) mass is 479 g/mol. The molecular weight excluding hydrogens is 449 g/mol. The van der Waals surface area contributed by atoms with E-state index in [1.807, 2.05) is 39.0 Å². The van der Waals surface area contributed by atoms with Crippen LogP contribution in [0.15, 0.2) is 48.5 Å². The third-order valence-corrected chi connectivity index (χ3v) is 6.37. The molecule has 184 valence electrons. The van der Waals surface area contributed by atoms with Crippen LogP contribution in [-0.4, -0.2) is 51.0 Å². The molecule has 3 N–H and O–H groups in total. The summed E-state index contributed by atoms with van der Waals surface area (Å²) in [7, 11) is 0. The Kier molecular flexibility index (Phi) is 6.60. The number of carbonyl (C=O) groups excluding carboxylic acids is 3. The van der Waals surface area contributed by atoms with Gasteiger partial charge in [-0.3, -0.25) is 19.1 Å². The Morgan fingerprint density at radius 3 is 2.49 bits per heavy atom. The number of para-hydroxylation sites is 1. The van der Waals surface area contributed by atoms with E-state index >= 15 is 0 Å². The van der Waals surface area contributed by atoms with Crippen molar-refractivity contribution in [1.29, 1.82) is 0 Å². The molecule has 0 unspecified atom stereocenters. The lowest BCUT2D eigenvalue weighted by molar-refractivity contribution is -0.140. The Balaban J connectivity index is 1.64. The van der Waals surface area contributed by atoms with Gasteiger partial charge in [0.05, 0.1) is 12.1 Å². The van der Waals surface area contributed by atoms with Gasteiger partial charge in [0.15, 0.2) is 5.69 Å². The summed E-state index contributed by atoms with van der Waals surface area (Å²) < 4.78 is 15.0. The molecule has 8 nitrogen and oxygen atoms in total. The summed E-state index contributed by atoms with van der Waals surface area (Å²) in [4.78, 5) is 40.3. The molecule has 2 heterocycles. The number of hydrogen-bond acceptors (Lipinski definition) is 4. The van der Waals surface area contributed by atoms with Gasteiger partial charge in [0, 0.05) is 11.9 Å². The predicted octanol–water partition coefficient (Wildman–Crippen LogP) is 2.84. The van der Waals surface area contributed by atoms with Crippen LogP contribution >= 0.6 is 0 Å². The van der Waals surface area contributed by atoms with Gasteiger partial charge < -0.3 is 16.0 Å². The topological polar surface area (TPSA) is 110 Å². The normalized spacial score (nSPS) is 16.9. The van der Waals surface area contributed by atoms with Crippen LogP contribution in [0.5, 0.6) is 0 Å². The van der Waals surface area contributed by atoms with E-state index in [-0.39, 0.29) is 17.4 Å². The van der Waals surface area contributed by atoms with Crippen LogP contribution in [0.1, 0.15) is 49.7 Å². The lowest BCUT2D eigenvalue weighted by Gasteiger charge is -2.35. The average molecular weight is 480 g/mol. The molecular formula is C26H30FN5O3. The lowest BCUT2D eigenvalue weighted by atomic mass is 9.85. The first-order valence-corrected chi connectivity index (χ1v) is 11.7. The van der Waals surface area contributed by atoms with Crippen LogP contribution < -0.4 is 11.1 Å². The van der Waals surface area contributed by atoms with Crippen molar-refractivity contribution in [1.82, 2.24) is 20.0 Å². The van der Waals surface area contributed by atoms with Crippen molar-refractivity contribution >= 4 is 28.6 Å². The van der Waals surface area contributed by atoms with Crippen LogP contribution in [0, 0.1) is 11.2 Å². The number of primary amides is 1. The highest BCUT2D eigenvalue weighted by molar-refractivity contribution is 6.06. The second-order valence-corrected chi connectivity index (χ2v) is 10.0. The molecule has 0 aliphatic carbocycles. The molecule has 4 rings (SSSR count). The zero-order chi connectivity index (χ0) is 25.3. The molecule has 9 heteroatoms. The van der Waals surface area contributed by atoms with E-state index in [9.17, 15) is 18.8 Å². The summed E-state index contributed by atoms with van der Waals surface area (Å²) in [5, 5.41) is 8.07. The Morgan fingerprint density at radius 1 is 1.14 bits per heavy atom. The van der Waals surface area contributed by atoms with Crippen molar-refractivity contribution in [3.63, 3.8) is 0 Å². The summed E-state index contributed by atoms with van der Waals surface area (Å²) in [6.07, 6.45) is 1.20. The minimum Gasteiger partial charge on any atom is -0.368 e. The predicted molar refractivity (Wildman–Crippen MR) is 130 cm³/mol. The molecule has 0 spiro atoms. The van der Waals surface area contributed by atoms with Crippen molar-refractivity contribution < 1.29 is 18.8 Å². The highest BCUT2D eigenvalue weighted by Crippen LogP contribution is 2.27. The lowest BCUT2D eigenvalue weighted by Crippen LogP contribution is -2.57. The highest BCUT2D eigenvalue weighted by atomic mass is 19.1. The second-order valence-electron chi connectivity index (χ2n) is 10.0. The number of rotatable bonds is 6. The van der Waals surface area contributed by atoms with Crippen molar-refractivity contribution in [2.45, 2.75) is 52.2 Å². The molecule has 3 aromatic rings. The van der Waals surface area contributed by atoms with Crippen molar-refractivity contribution in [3.05, 3.63) is 65.6 Å². The van der Waals surface area contributed by atoms with Gasteiger partial charge >= 0.3 is 0 Å². The molecule has 0 bridgehead atoms. The first-order chi connectivity index (χ1) is 16.6. The number of nitrogens with two attached hydrogens (primary N) is 1. The Morgan fingerprint density at radius 2 is 1.83 bits per heavy atom. The molecule has 1 aliphatic rings. The summed E-state index contributed by atoms with van der Waals surface area (Å²) in [5.74, 6) is -1.68. The van der Waals surface area contributed by atoms with Crippen molar-refractivity contribution in [3.8, 4) is 0 Å². The number of amides is 3. The summed E-state index contributed by atoms with van der Waals surface area (Å²) >= 11 is 0. The smallest absolute Gasteiger partial charge is 0.273 e. The molecule has 1 fully saturated rings. The van der Waals surface area contributed by atoms with Gasteiger partial charge in [-0.05, 0) is 42.0 Å². The van der Waals surface area contributed by atoms with Crippen molar-refractivity contribution in [2.75, 3.05) is 6.54 Å². The van der Waals surface area contributed by atoms with E-state index in [4.69, 9.17) is 5.73 Å². The van der Waals surface area contributed by atoms with Gasteiger partial charge in [-0.25, -0.2) is 4.39 Å². The van der Waals surface area contributed by atoms with Gasteiger partial charge in [-0.15, -0.1) is 0 Å². The number of nitrogens with one attached hydrogen (secondary N) is 1. The summed E-state index contributed by atoms with van der Waals surface area (Å²) in [6, 6.07) is 11.9. The second kappa shape index (κ2) is 9.48. The first-order valence-electron chi connectivity index (χ1n) is 11.7. The Hall–Kier alpha value is -3.75. The van der Waals surface area contributed by atoms with Crippen LogP contribution in [0.4, 0.5) is 4.39 Å². The van der Waals surface area contributed by atoms with Gasteiger partial charge in [-0.2, -0.15) is 5.10 Å². The third-order valence-electron chi connectivity index (χ3n) is 6.37. The van der Waals surface area contributed by atoms with E-state index in [2.05, 4.69) is 10.4 Å². The molecule has 2 aromatic carbocycles. The summed E-state index contributed by atoms with van der Waals surface area (Å²) in [6.45, 7) is 6.34. The maximum absolute atomic E-state index is 13.5. The fourth-order valence-electron chi connectivity index (χ4n) is 4.52.